The van der Waals surface area contributed by atoms with Gasteiger partial charge >= 0.3 is 0 Å². The monoisotopic (exact) mass is 203 g/mol. The topological polar surface area (TPSA) is 20.3 Å². The van der Waals surface area contributed by atoms with E-state index in [9.17, 15) is 4.79 Å². The minimum absolute atomic E-state index is 0.137. The van der Waals surface area contributed by atoms with Crippen LogP contribution in [0.2, 0.25) is 0 Å². The highest BCUT2D eigenvalue weighted by Crippen LogP contribution is 2.26. The van der Waals surface area contributed by atoms with Crippen LogP contribution < -0.4 is 0 Å². The maximum atomic E-state index is 10.2. The molecule has 0 spiro atoms. The van der Waals surface area contributed by atoms with Gasteiger partial charge < -0.3 is 4.90 Å². The molecule has 0 radical (unpaired) electrons. The zero-order valence-electron chi connectivity index (χ0n) is 5.48. The van der Waals surface area contributed by atoms with Crippen LogP contribution in [0.15, 0.2) is 0 Å². The Morgan fingerprint density at radius 2 is 2.00 bits per heavy atom. The molecule has 0 aliphatic carbocycles. The van der Waals surface area contributed by atoms with Gasteiger partial charge in [0.05, 0.1) is 6.54 Å². The largest absolute Gasteiger partial charge is 0.341 e. The summed E-state index contributed by atoms with van der Waals surface area (Å²) in [7, 11) is 0. The lowest BCUT2D eigenvalue weighted by molar-refractivity contribution is -0.117. The van der Waals surface area contributed by atoms with Gasteiger partial charge in [-0.15, -0.1) is 0 Å². The fraction of sp³-hybridized carbons (Fsp3) is 0.800. The van der Waals surface area contributed by atoms with E-state index in [0.29, 0.717) is 13.0 Å². The average Bonchev–Trinajstić information content (AvgIpc) is 1.81. The molecule has 0 aromatic carbocycles. The third-order valence-corrected chi connectivity index (χ3v) is 1.30. The summed E-state index contributed by atoms with van der Waals surface area (Å²) in [6.45, 7) is 2.50. The van der Waals surface area contributed by atoms with E-state index in [-0.39, 0.29) is 6.54 Å². The van der Waals surface area contributed by atoms with Gasteiger partial charge in [0.15, 0.2) is 0 Å². The summed E-state index contributed by atoms with van der Waals surface area (Å²) >= 11 is 16.2. The molecule has 0 saturated heterocycles. The Labute approximate surface area is 75.0 Å². The second-order valence-electron chi connectivity index (χ2n) is 1.78. The summed E-state index contributed by atoms with van der Waals surface area (Å²) in [5.41, 5.74) is 0. The summed E-state index contributed by atoms with van der Waals surface area (Å²) < 4.78 is -1.36. The van der Waals surface area contributed by atoms with E-state index >= 15 is 0 Å². The van der Waals surface area contributed by atoms with Gasteiger partial charge in [0.25, 0.3) is 0 Å². The van der Waals surface area contributed by atoms with Crippen LogP contribution in [0.4, 0.5) is 0 Å². The van der Waals surface area contributed by atoms with Gasteiger partial charge in [-0.2, -0.15) is 0 Å². The van der Waals surface area contributed by atoms with E-state index in [1.54, 1.807) is 0 Å². The fourth-order valence-electron chi connectivity index (χ4n) is 0.454. The zero-order chi connectivity index (χ0) is 8.20. The first-order valence-corrected chi connectivity index (χ1v) is 3.89. The van der Waals surface area contributed by atoms with Crippen molar-refractivity contribution >= 4 is 41.2 Å². The van der Waals surface area contributed by atoms with Gasteiger partial charge in [-0.25, -0.2) is 0 Å². The quantitative estimate of drug-likeness (QED) is 0.507. The summed E-state index contributed by atoms with van der Waals surface area (Å²) in [5.74, 6) is 0. The van der Waals surface area contributed by atoms with E-state index in [1.807, 2.05) is 6.92 Å². The second-order valence-corrected chi connectivity index (χ2v) is 4.30. The smallest absolute Gasteiger partial charge is 0.209 e. The molecule has 0 rings (SSSR count). The van der Waals surface area contributed by atoms with Crippen molar-refractivity contribution in [2.45, 2.75) is 10.7 Å². The number of amides is 1. The van der Waals surface area contributed by atoms with Crippen molar-refractivity contribution in [2.75, 3.05) is 13.1 Å². The molecule has 0 aromatic heterocycles. The number of hydrogen-bond donors (Lipinski definition) is 0. The maximum absolute atomic E-state index is 10.2. The molecule has 0 fully saturated rings. The van der Waals surface area contributed by atoms with Crippen molar-refractivity contribution < 1.29 is 4.79 Å². The van der Waals surface area contributed by atoms with Crippen LogP contribution in [0.5, 0.6) is 0 Å². The van der Waals surface area contributed by atoms with E-state index in [4.69, 9.17) is 34.8 Å². The lowest BCUT2D eigenvalue weighted by Crippen LogP contribution is -2.30. The van der Waals surface area contributed by atoms with Crippen molar-refractivity contribution in [2.24, 2.45) is 0 Å². The predicted molar refractivity (Wildman–Crippen MR) is 43.6 cm³/mol. The molecule has 60 valence electrons. The molecule has 0 N–H and O–H groups in total. The van der Waals surface area contributed by atoms with E-state index in [1.165, 1.54) is 4.90 Å². The van der Waals surface area contributed by atoms with E-state index in [2.05, 4.69) is 0 Å². The Bertz CT molecular complexity index is 112. The zero-order valence-corrected chi connectivity index (χ0v) is 7.75. The third kappa shape index (κ3) is 5.15. The molecule has 0 heterocycles. The van der Waals surface area contributed by atoms with Crippen LogP contribution in [0, 0.1) is 0 Å². The molecular weight excluding hydrogens is 196 g/mol. The first-order chi connectivity index (χ1) is 4.49. The van der Waals surface area contributed by atoms with Crippen molar-refractivity contribution in [3.05, 3.63) is 0 Å². The van der Waals surface area contributed by atoms with Crippen LogP contribution in [0.1, 0.15) is 6.92 Å². The van der Waals surface area contributed by atoms with Crippen molar-refractivity contribution in [3.63, 3.8) is 0 Å². The molecule has 5 heteroatoms. The van der Waals surface area contributed by atoms with Gasteiger partial charge in [0, 0.05) is 6.54 Å². The SMILES string of the molecule is CCN(C=O)CC(Cl)(Cl)Cl. The molecule has 0 unspecified atom stereocenters. The predicted octanol–water partition coefficient (Wildman–Crippen LogP) is 1.83. The maximum Gasteiger partial charge on any atom is 0.209 e. The summed E-state index contributed by atoms with van der Waals surface area (Å²) in [6.07, 6.45) is 0.655. The molecule has 0 aliphatic heterocycles. The van der Waals surface area contributed by atoms with Crippen LogP contribution in [-0.4, -0.2) is 28.2 Å². The molecule has 0 saturated carbocycles. The Morgan fingerprint density at radius 1 is 1.50 bits per heavy atom. The van der Waals surface area contributed by atoms with Crippen molar-refractivity contribution in [3.8, 4) is 0 Å². The normalized spacial score (nSPS) is 11.2. The first-order valence-electron chi connectivity index (χ1n) is 2.75. The van der Waals surface area contributed by atoms with Gasteiger partial charge in [0.2, 0.25) is 10.2 Å². The van der Waals surface area contributed by atoms with Gasteiger partial charge in [-0.1, -0.05) is 34.8 Å². The minimum Gasteiger partial charge on any atom is -0.341 e. The van der Waals surface area contributed by atoms with Crippen LogP contribution in [-0.2, 0) is 4.79 Å². The standard InChI is InChI=1S/C5H8Cl3NO/c1-2-9(4-10)3-5(6,7)8/h4H,2-3H2,1H3. The Kier molecular flexibility index (Phi) is 4.41. The average molecular weight is 204 g/mol. The lowest BCUT2D eigenvalue weighted by Gasteiger charge is -2.19. The number of rotatable bonds is 3. The van der Waals surface area contributed by atoms with Crippen molar-refractivity contribution in [1.82, 2.24) is 4.90 Å². The Balaban J connectivity index is 3.74. The first kappa shape index (κ1) is 10.3. The lowest BCUT2D eigenvalue weighted by atomic mass is 10.6. The number of hydrogen-bond acceptors (Lipinski definition) is 1. The summed E-state index contributed by atoms with van der Waals surface area (Å²) in [5, 5.41) is 0. The highest BCUT2D eigenvalue weighted by Gasteiger charge is 2.21. The second kappa shape index (κ2) is 4.27. The molecular formula is C5H8Cl3NO. The van der Waals surface area contributed by atoms with E-state index in [0.717, 1.165) is 0 Å². The van der Waals surface area contributed by atoms with Gasteiger partial charge in [0.1, 0.15) is 0 Å². The van der Waals surface area contributed by atoms with Gasteiger partial charge in [-0.3, -0.25) is 4.79 Å². The summed E-state index contributed by atoms with van der Waals surface area (Å²) in [6, 6.07) is 0. The molecule has 10 heavy (non-hydrogen) atoms. The Morgan fingerprint density at radius 3 is 2.10 bits per heavy atom. The Hall–Kier alpha value is 0.340. The molecule has 0 aromatic rings. The van der Waals surface area contributed by atoms with Crippen LogP contribution >= 0.6 is 34.8 Å². The van der Waals surface area contributed by atoms with Crippen LogP contribution in [0.25, 0.3) is 0 Å². The van der Waals surface area contributed by atoms with Crippen molar-refractivity contribution in [1.29, 1.82) is 0 Å². The highest BCUT2D eigenvalue weighted by molar-refractivity contribution is 6.67. The number of alkyl halides is 3. The van der Waals surface area contributed by atoms with Crippen LogP contribution in [0.3, 0.4) is 0 Å². The third-order valence-electron chi connectivity index (χ3n) is 0.938. The number of carbonyl (C=O) groups excluding carboxylic acids is 1. The molecule has 0 bridgehead atoms. The fourth-order valence-corrected chi connectivity index (χ4v) is 0.914. The number of carbonyl (C=O) groups is 1. The molecule has 0 atom stereocenters. The number of halogens is 3. The van der Waals surface area contributed by atoms with Gasteiger partial charge in [-0.05, 0) is 6.92 Å². The molecule has 0 aliphatic rings. The molecule has 1 amide bonds. The minimum atomic E-state index is -1.36. The molecule has 2 nitrogen and oxygen atoms in total. The highest BCUT2D eigenvalue weighted by atomic mass is 35.6. The summed E-state index contributed by atoms with van der Waals surface area (Å²) in [4.78, 5) is 11.5. The van der Waals surface area contributed by atoms with E-state index < -0.39 is 3.79 Å². The number of nitrogens with zero attached hydrogens (tertiary/aromatic N) is 1.